The molecule has 0 aromatic heterocycles. The second-order valence-electron chi connectivity index (χ2n) is 6.47. The lowest BCUT2D eigenvalue weighted by molar-refractivity contribution is -0.122. The molecule has 3 N–H and O–H groups in total. The molecular formula is C18H25F2N3O2. The highest BCUT2D eigenvalue weighted by Crippen LogP contribution is 2.24. The summed E-state index contributed by atoms with van der Waals surface area (Å²) in [7, 11) is 0. The zero-order chi connectivity index (χ0) is 18.2. The summed E-state index contributed by atoms with van der Waals surface area (Å²) in [5.74, 6) is -1.85. The van der Waals surface area contributed by atoms with Crippen molar-refractivity contribution in [2.24, 2.45) is 11.8 Å². The van der Waals surface area contributed by atoms with Crippen molar-refractivity contribution in [3.8, 4) is 0 Å². The maximum absolute atomic E-state index is 13.5. The van der Waals surface area contributed by atoms with E-state index in [4.69, 9.17) is 0 Å². The summed E-state index contributed by atoms with van der Waals surface area (Å²) >= 11 is 0. The summed E-state index contributed by atoms with van der Waals surface area (Å²) in [5.41, 5.74) is -0.603. The smallest absolute Gasteiger partial charge is 0.257 e. The Labute approximate surface area is 146 Å². The number of carbonyl (C=O) groups is 2. The van der Waals surface area contributed by atoms with Gasteiger partial charge in [-0.05, 0) is 49.9 Å². The van der Waals surface area contributed by atoms with Gasteiger partial charge in [-0.1, -0.05) is 13.0 Å². The predicted octanol–water partition coefficient (Wildman–Crippen LogP) is 1.84. The van der Waals surface area contributed by atoms with Crippen LogP contribution in [0.3, 0.4) is 0 Å². The second kappa shape index (κ2) is 9.46. The van der Waals surface area contributed by atoms with Crippen molar-refractivity contribution in [3.63, 3.8) is 0 Å². The molecule has 0 bridgehead atoms. The molecule has 1 unspecified atom stereocenters. The van der Waals surface area contributed by atoms with Gasteiger partial charge in [-0.25, -0.2) is 8.78 Å². The van der Waals surface area contributed by atoms with Crippen LogP contribution in [0.2, 0.25) is 0 Å². The number of piperidine rings is 1. The second-order valence-corrected chi connectivity index (χ2v) is 6.47. The Hall–Kier alpha value is -2.02. The number of rotatable bonds is 7. The maximum atomic E-state index is 13.5. The summed E-state index contributed by atoms with van der Waals surface area (Å²) in [4.78, 5) is 23.8. The normalized spacial score (nSPS) is 16.3. The summed E-state index contributed by atoms with van der Waals surface area (Å²) in [6, 6.07) is 3.26. The Morgan fingerprint density at radius 3 is 2.40 bits per heavy atom. The summed E-state index contributed by atoms with van der Waals surface area (Å²) in [6.07, 6.45) is 2.61. The van der Waals surface area contributed by atoms with Crippen LogP contribution >= 0.6 is 0 Å². The molecule has 2 rings (SSSR count). The average molecular weight is 353 g/mol. The van der Waals surface area contributed by atoms with Crippen LogP contribution in [0.15, 0.2) is 18.2 Å². The van der Waals surface area contributed by atoms with Crippen molar-refractivity contribution in [3.05, 3.63) is 35.4 Å². The zero-order valence-corrected chi connectivity index (χ0v) is 14.4. The lowest BCUT2D eigenvalue weighted by Gasteiger charge is -2.27. The topological polar surface area (TPSA) is 70.2 Å². The number of hydrogen-bond acceptors (Lipinski definition) is 3. The van der Waals surface area contributed by atoms with Gasteiger partial charge in [0, 0.05) is 19.5 Å². The van der Waals surface area contributed by atoms with Crippen molar-refractivity contribution in [1.82, 2.24) is 16.0 Å². The largest absolute Gasteiger partial charge is 0.354 e. The van der Waals surface area contributed by atoms with E-state index in [1.165, 1.54) is 6.07 Å². The Kier molecular flexibility index (Phi) is 7.31. The van der Waals surface area contributed by atoms with Gasteiger partial charge in [0.05, 0.1) is 0 Å². The minimum Gasteiger partial charge on any atom is -0.354 e. The number of benzene rings is 1. The van der Waals surface area contributed by atoms with E-state index in [0.717, 1.165) is 38.1 Å². The summed E-state index contributed by atoms with van der Waals surface area (Å²) in [5, 5.41) is 8.45. The Morgan fingerprint density at radius 2 is 1.76 bits per heavy atom. The highest BCUT2D eigenvalue weighted by molar-refractivity contribution is 5.94. The fourth-order valence-corrected chi connectivity index (χ4v) is 3.13. The van der Waals surface area contributed by atoms with Crippen LogP contribution in [-0.2, 0) is 4.79 Å². The standard InChI is InChI=1S/C18H25F2N3O2/c1-12(13-5-7-21-8-6-13)11-16(24)22-9-10-23-18(25)17-14(19)3-2-4-15(17)20/h2-4,12-13,21H,5-11H2,1H3,(H,22,24)(H,23,25). The molecule has 1 aromatic rings. The van der Waals surface area contributed by atoms with Gasteiger partial charge in [0.15, 0.2) is 0 Å². The third-order valence-electron chi connectivity index (χ3n) is 4.62. The van der Waals surface area contributed by atoms with Crippen LogP contribution in [0.1, 0.15) is 36.5 Å². The molecule has 0 spiro atoms. The molecule has 5 nitrogen and oxygen atoms in total. The monoisotopic (exact) mass is 353 g/mol. The van der Waals surface area contributed by atoms with Crippen LogP contribution in [0.25, 0.3) is 0 Å². The molecule has 1 atom stereocenters. The van der Waals surface area contributed by atoms with Crippen LogP contribution in [-0.4, -0.2) is 38.0 Å². The number of amides is 2. The summed E-state index contributed by atoms with van der Waals surface area (Å²) in [6.45, 7) is 4.41. The van der Waals surface area contributed by atoms with Gasteiger partial charge in [-0.2, -0.15) is 0 Å². The van der Waals surface area contributed by atoms with Crippen molar-refractivity contribution >= 4 is 11.8 Å². The first-order valence-corrected chi connectivity index (χ1v) is 8.68. The van der Waals surface area contributed by atoms with E-state index in [9.17, 15) is 18.4 Å². The molecule has 7 heteroatoms. The average Bonchev–Trinajstić information content (AvgIpc) is 2.59. The zero-order valence-electron chi connectivity index (χ0n) is 14.4. The van der Waals surface area contributed by atoms with Crippen molar-refractivity contribution in [1.29, 1.82) is 0 Å². The van der Waals surface area contributed by atoms with Crippen molar-refractivity contribution < 1.29 is 18.4 Å². The van der Waals surface area contributed by atoms with E-state index >= 15 is 0 Å². The van der Waals surface area contributed by atoms with Crippen molar-refractivity contribution in [2.45, 2.75) is 26.2 Å². The first kappa shape index (κ1) is 19.3. The number of halogens is 2. The lowest BCUT2D eigenvalue weighted by Crippen LogP contribution is -2.37. The van der Waals surface area contributed by atoms with Crippen LogP contribution < -0.4 is 16.0 Å². The van der Waals surface area contributed by atoms with Gasteiger partial charge in [0.2, 0.25) is 5.91 Å². The molecule has 25 heavy (non-hydrogen) atoms. The molecule has 2 amide bonds. The van der Waals surface area contributed by atoms with Crippen LogP contribution in [0.4, 0.5) is 8.78 Å². The van der Waals surface area contributed by atoms with Gasteiger partial charge in [-0.3, -0.25) is 9.59 Å². The molecule has 1 aliphatic rings. The quantitative estimate of drug-likeness (QED) is 0.655. The van der Waals surface area contributed by atoms with Gasteiger partial charge >= 0.3 is 0 Å². The molecular weight excluding hydrogens is 328 g/mol. The maximum Gasteiger partial charge on any atom is 0.257 e. The van der Waals surface area contributed by atoms with Gasteiger partial charge in [0.1, 0.15) is 17.2 Å². The van der Waals surface area contributed by atoms with Crippen molar-refractivity contribution in [2.75, 3.05) is 26.2 Å². The minimum absolute atomic E-state index is 0.0719. The molecule has 1 heterocycles. The van der Waals surface area contributed by atoms with E-state index in [2.05, 4.69) is 22.9 Å². The van der Waals surface area contributed by atoms with Gasteiger partial charge < -0.3 is 16.0 Å². The SMILES string of the molecule is CC(CC(=O)NCCNC(=O)c1c(F)cccc1F)C1CCNCC1. The first-order valence-electron chi connectivity index (χ1n) is 8.68. The Balaban J connectivity index is 1.68. The third-order valence-corrected chi connectivity index (χ3v) is 4.62. The Morgan fingerprint density at radius 1 is 1.16 bits per heavy atom. The first-order chi connectivity index (χ1) is 12.0. The fourth-order valence-electron chi connectivity index (χ4n) is 3.13. The molecule has 1 aliphatic heterocycles. The van der Waals surface area contributed by atoms with E-state index < -0.39 is 23.1 Å². The molecule has 1 fully saturated rings. The lowest BCUT2D eigenvalue weighted by atomic mass is 9.84. The molecule has 1 saturated heterocycles. The van der Waals surface area contributed by atoms with Crippen LogP contribution in [0, 0.1) is 23.5 Å². The number of carbonyl (C=O) groups excluding carboxylic acids is 2. The Bertz CT molecular complexity index is 584. The van der Waals surface area contributed by atoms with E-state index in [1.807, 2.05) is 0 Å². The van der Waals surface area contributed by atoms with Gasteiger partial charge in [0.25, 0.3) is 5.91 Å². The predicted molar refractivity (Wildman–Crippen MR) is 91.1 cm³/mol. The summed E-state index contributed by atoms with van der Waals surface area (Å²) < 4.78 is 27.0. The molecule has 0 saturated carbocycles. The highest BCUT2D eigenvalue weighted by atomic mass is 19.1. The minimum atomic E-state index is -0.905. The molecule has 138 valence electrons. The van der Waals surface area contributed by atoms with E-state index in [-0.39, 0.29) is 19.0 Å². The van der Waals surface area contributed by atoms with E-state index in [0.29, 0.717) is 18.3 Å². The van der Waals surface area contributed by atoms with Gasteiger partial charge in [-0.15, -0.1) is 0 Å². The number of nitrogens with one attached hydrogen (secondary N) is 3. The highest BCUT2D eigenvalue weighted by Gasteiger charge is 2.22. The molecule has 0 aliphatic carbocycles. The van der Waals surface area contributed by atoms with E-state index in [1.54, 1.807) is 0 Å². The number of hydrogen-bond donors (Lipinski definition) is 3. The van der Waals surface area contributed by atoms with Crippen LogP contribution in [0.5, 0.6) is 0 Å². The fraction of sp³-hybridized carbons (Fsp3) is 0.556. The molecule has 1 aromatic carbocycles. The molecule has 0 radical (unpaired) electrons. The third kappa shape index (κ3) is 5.77.